The summed E-state index contributed by atoms with van der Waals surface area (Å²) >= 11 is 0. The van der Waals surface area contributed by atoms with E-state index in [-0.39, 0.29) is 6.10 Å². The summed E-state index contributed by atoms with van der Waals surface area (Å²) in [5.41, 5.74) is -0.174. The molecule has 0 amide bonds. The van der Waals surface area contributed by atoms with Gasteiger partial charge in [0, 0.05) is 27.1 Å². The first-order valence-corrected chi connectivity index (χ1v) is 8.19. The van der Waals surface area contributed by atoms with Crippen molar-refractivity contribution in [1.82, 2.24) is 24.0 Å². The first-order chi connectivity index (χ1) is 11.5. The number of aryl methyl sites for hydroxylation is 1. The van der Waals surface area contributed by atoms with Gasteiger partial charge in [-0.3, -0.25) is 19.2 Å². The Balaban J connectivity index is 1.59. The maximum atomic E-state index is 12.1. The van der Waals surface area contributed by atoms with Gasteiger partial charge in [-0.25, -0.2) is 9.78 Å². The van der Waals surface area contributed by atoms with E-state index < -0.39 is 17.2 Å². The van der Waals surface area contributed by atoms with Gasteiger partial charge in [0.2, 0.25) is 5.91 Å². The Morgan fingerprint density at radius 1 is 1.38 bits per heavy atom. The number of likely N-dealkylation sites (tertiary alicyclic amines) is 1. The second-order valence-electron chi connectivity index (χ2n) is 6.53. The van der Waals surface area contributed by atoms with Crippen molar-refractivity contribution in [3.05, 3.63) is 27.2 Å². The number of aromatic nitrogens is 4. The number of ether oxygens (including phenoxy) is 2. The van der Waals surface area contributed by atoms with Gasteiger partial charge in [-0.15, -0.1) is 0 Å². The van der Waals surface area contributed by atoms with Gasteiger partial charge in [-0.05, 0) is 12.8 Å². The number of nitrogens with zero attached hydrogens (tertiary/aromatic N) is 4. The maximum Gasteiger partial charge on any atom is 0.329 e. The van der Waals surface area contributed by atoms with Crippen molar-refractivity contribution in [2.45, 2.75) is 38.3 Å². The Morgan fingerprint density at radius 3 is 2.88 bits per heavy atom. The van der Waals surface area contributed by atoms with E-state index in [4.69, 9.17) is 9.47 Å². The Labute approximate surface area is 137 Å². The average molecular weight is 335 g/mol. The summed E-state index contributed by atoms with van der Waals surface area (Å²) in [6, 6.07) is 0. The summed E-state index contributed by atoms with van der Waals surface area (Å²) < 4.78 is 15.1. The first kappa shape index (κ1) is 15.6. The molecule has 2 atom stereocenters. The number of hydrogen-bond acceptors (Lipinski definition) is 6. The summed E-state index contributed by atoms with van der Waals surface area (Å²) in [5.74, 6) is -0.698. The van der Waals surface area contributed by atoms with Crippen LogP contribution in [-0.2, 0) is 23.1 Å². The van der Waals surface area contributed by atoms with Crippen LogP contribution in [0.5, 0.6) is 0 Å². The highest BCUT2D eigenvalue weighted by molar-refractivity contribution is 5.69. The molecule has 2 aliphatic heterocycles. The molecule has 4 rings (SSSR count). The van der Waals surface area contributed by atoms with Crippen LogP contribution in [0.25, 0.3) is 11.2 Å². The molecule has 130 valence electrons. The van der Waals surface area contributed by atoms with E-state index in [0.29, 0.717) is 24.3 Å². The predicted molar refractivity (Wildman–Crippen MR) is 85.6 cm³/mol. The normalized spacial score (nSPS) is 28.2. The van der Waals surface area contributed by atoms with E-state index >= 15 is 0 Å². The number of nitrogens with one attached hydrogen (secondary N) is 1. The Kier molecular flexibility index (Phi) is 3.59. The number of hydrogen-bond donors (Lipinski definition) is 1. The second kappa shape index (κ2) is 5.54. The van der Waals surface area contributed by atoms with Crippen LogP contribution >= 0.6 is 0 Å². The molecule has 24 heavy (non-hydrogen) atoms. The fourth-order valence-corrected chi connectivity index (χ4v) is 3.55. The lowest BCUT2D eigenvalue weighted by molar-refractivity contribution is -0.247. The van der Waals surface area contributed by atoms with Crippen molar-refractivity contribution in [3.8, 4) is 0 Å². The molecule has 1 N–H and O–H groups in total. The third-order valence-corrected chi connectivity index (χ3v) is 4.88. The molecule has 2 aromatic heterocycles. The van der Waals surface area contributed by atoms with Crippen molar-refractivity contribution in [3.63, 3.8) is 0 Å². The molecule has 0 aliphatic carbocycles. The summed E-state index contributed by atoms with van der Waals surface area (Å²) in [5, 5.41) is 0. The number of aromatic amines is 1. The summed E-state index contributed by atoms with van der Waals surface area (Å²) in [7, 11) is 1.58. The third-order valence-electron chi connectivity index (χ3n) is 4.88. The standard InChI is InChI=1S/C15H21N5O4/c1-15(20-5-3-4-6-20)23-8-10(24-15)7-19-9-16-12-11(19)13(21)17-14(22)18(12)2/h9-10H,3-8H2,1-2H3,(H,17,21,22). The van der Waals surface area contributed by atoms with Crippen LogP contribution in [0.1, 0.15) is 19.8 Å². The zero-order valence-electron chi connectivity index (χ0n) is 13.8. The lowest BCUT2D eigenvalue weighted by atomic mass is 10.3. The number of H-pyrrole nitrogens is 1. The number of rotatable bonds is 3. The van der Waals surface area contributed by atoms with Crippen LogP contribution < -0.4 is 11.2 Å². The highest BCUT2D eigenvalue weighted by Crippen LogP contribution is 2.31. The van der Waals surface area contributed by atoms with Crippen LogP contribution in [-0.4, -0.2) is 55.7 Å². The van der Waals surface area contributed by atoms with E-state index in [1.54, 1.807) is 17.9 Å². The Morgan fingerprint density at radius 2 is 2.12 bits per heavy atom. The predicted octanol–water partition coefficient (Wildman–Crippen LogP) is -0.392. The molecule has 2 fully saturated rings. The molecule has 0 bridgehead atoms. The summed E-state index contributed by atoms with van der Waals surface area (Å²) in [4.78, 5) is 32.5. The minimum Gasteiger partial charge on any atom is -0.335 e. The molecular weight excluding hydrogens is 314 g/mol. The third kappa shape index (κ3) is 2.40. The largest absolute Gasteiger partial charge is 0.335 e. The zero-order valence-corrected chi connectivity index (χ0v) is 13.8. The molecule has 2 saturated heterocycles. The van der Waals surface area contributed by atoms with E-state index in [0.717, 1.165) is 25.9 Å². The van der Waals surface area contributed by atoms with Gasteiger partial charge in [0.15, 0.2) is 11.2 Å². The molecule has 9 heteroatoms. The van der Waals surface area contributed by atoms with Crippen molar-refractivity contribution in [1.29, 1.82) is 0 Å². The van der Waals surface area contributed by atoms with Crippen molar-refractivity contribution < 1.29 is 9.47 Å². The van der Waals surface area contributed by atoms with Crippen molar-refractivity contribution >= 4 is 11.2 Å². The fraction of sp³-hybridized carbons (Fsp3) is 0.667. The molecule has 0 spiro atoms. The van der Waals surface area contributed by atoms with E-state index in [1.807, 2.05) is 6.92 Å². The van der Waals surface area contributed by atoms with Gasteiger partial charge >= 0.3 is 5.69 Å². The van der Waals surface area contributed by atoms with E-state index in [1.165, 1.54) is 4.57 Å². The van der Waals surface area contributed by atoms with Crippen molar-refractivity contribution in [2.24, 2.45) is 7.05 Å². The van der Waals surface area contributed by atoms with Gasteiger partial charge in [0.25, 0.3) is 5.56 Å². The highest BCUT2D eigenvalue weighted by atomic mass is 16.8. The topological polar surface area (TPSA) is 94.4 Å². The minimum atomic E-state index is -0.698. The molecule has 0 aromatic carbocycles. The lowest BCUT2D eigenvalue weighted by Crippen LogP contribution is -2.46. The molecular formula is C15H21N5O4. The molecule has 9 nitrogen and oxygen atoms in total. The molecule has 0 radical (unpaired) electrons. The Bertz CT molecular complexity index is 878. The first-order valence-electron chi connectivity index (χ1n) is 8.19. The average Bonchev–Trinajstić information content (AvgIpc) is 3.26. The zero-order chi connectivity index (χ0) is 16.9. The minimum absolute atomic E-state index is 0.176. The monoisotopic (exact) mass is 335 g/mol. The fourth-order valence-electron chi connectivity index (χ4n) is 3.55. The summed E-state index contributed by atoms with van der Waals surface area (Å²) in [6.45, 7) is 4.79. The molecule has 0 saturated carbocycles. The van der Waals surface area contributed by atoms with Gasteiger partial charge in [-0.1, -0.05) is 0 Å². The van der Waals surface area contributed by atoms with Crippen LogP contribution in [0.15, 0.2) is 15.9 Å². The molecule has 2 unspecified atom stereocenters. The highest BCUT2D eigenvalue weighted by Gasteiger charge is 2.43. The molecule has 4 heterocycles. The smallest absolute Gasteiger partial charge is 0.329 e. The van der Waals surface area contributed by atoms with Crippen LogP contribution in [0.2, 0.25) is 0 Å². The van der Waals surface area contributed by atoms with Gasteiger partial charge < -0.3 is 14.0 Å². The van der Waals surface area contributed by atoms with Crippen LogP contribution in [0.4, 0.5) is 0 Å². The second-order valence-corrected chi connectivity index (χ2v) is 6.53. The molecule has 2 aliphatic rings. The van der Waals surface area contributed by atoms with Crippen molar-refractivity contribution in [2.75, 3.05) is 19.7 Å². The summed E-state index contributed by atoms with van der Waals surface area (Å²) in [6.07, 6.45) is 3.70. The van der Waals surface area contributed by atoms with Crippen LogP contribution in [0.3, 0.4) is 0 Å². The number of imidazole rings is 1. The van der Waals surface area contributed by atoms with Gasteiger partial charge in [0.1, 0.15) is 6.10 Å². The molecule has 2 aromatic rings. The van der Waals surface area contributed by atoms with E-state index in [2.05, 4.69) is 14.9 Å². The van der Waals surface area contributed by atoms with Gasteiger partial charge in [0.05, 0.1) is 19.5 Å². The SMILES string of the molecule is Cn1c(=O)[nH]c(=O)c2c1ncn2CC1COC(C)(N2CCCC2)O1. The quantitative estimate of drug-likeness (QED) is 0.821. The van der Waals surface area contributed by atoms with Crippen LogP contribution in [0, 0.1) is 0 Å². The maximum absolute atomic E-state index is 12.1. The van der Waals surface area contributed by atoms with E-state index in [9.17, 15) is 9.59 Å². The number of fused-ring (bicyclic) bond motifs is 1. The lowest BCUT2D eigenvalue weighted by Gasteiger charge is -2.33. The Hall–Kier alpha value is -1.97. The van der Waals surface area contributed by atoms with Gasteiger partial charge in [-0.2, -0.15) is 0 Å².